The molecule has 3 rings (SSSR count). The van der Waals surface area contributed by atoms with Gasteiger partial charge in [0.05, 0.1) is 12.3 Å². The number of rotatable bonds is 5. The average molecular weight is 350 g/mol. The molecule has 0 unspecified atom stereocenters. The number of carbonyl (C=O) groups excluding carboxylic acids is 1. The van der Waals surface area contributed by atoms with E-state index in [2.05, 4.69) is 38.5 Å². The molecule has 5 heteroatoms. The van der Waals surface area contributed by atoms with E-state index >= 15 is 0 Å². The van der Waals surface area contributed by atoms with Crippen molar-refractivity contribution in [2.45, 2.75) is 19.8 Å². The van der Waals surface area contributed by atoms with Crippen LogP contribution in [0.15, 0.2) is 53.6 Å². The molecule has 2 aromatic carbocycles. The molecule has 1 aliphatic heterocycles. The van der Waals surface area contributed by atoms with Crippen LogP contribution in [-0.4, -0.2) is 38.8 Å². The number of anilines is 2. The van der Waals surface area contributed by atoms with Gasteiger partial charge in [-0.1, -0.05) is 30.3 Å². The highest BCUT2D eigenvalue weighted by molar-refractivity contribution is 5.99. The fourth-order valence-corrected chi connectivity index (χ4v) is 3.20. The van der Waals surface area contributed by atoms with E-state index in [9.17, 15) is 4.79 Å². The van der Waals surface area contributed by atoms with Crippen LogP contribution in [-0.2, 0) is 11.2 Å². The van der Waals surface area contributed by atoms with Gasteiger partial charge in [-0.15, -0.1) is 0 Å². The third-order valence-corrected chi connectivity index (χ3v) is 4.69. The molecule has 0 saturated heterocycles. The fourth-order valence-electron chi connectivity index (χ4n) is 3.20. The normalized spacial score (nSPS) is 14.0. The van der Waals surface area contributed by atoms with Crippen molar-refractivity contribution in [2.75, 3.05) is 37.0 Å². The third-order valence-electron chi connectivity index (χ3n) is 4.69. The molecule has 1 N–H and O–H groups in total. The molecule has 0 atom stereocenters. The molecule has 1 heterocycles. The van der Waals surface area contributed by atoms with Crippen molar-refractivity contribution in [3.63, 3.8) is 0 Å². The molecule has 1 amide bonds. The number of hydrazone groups is 1. The summed E-state index contributed by atoms with van der Waals surface area (Å²) in [5.41, 5.74) is 8.09. The standard InChI is InChI=1S/C21H26N4O/c1-16(17-10-12-19(13-11-17)24(2)3)22-23-21(26)15-25-14-6-8-18-7-4-5-9-20(18)25/h4-5,7,9-13H,6,8,14-15H2,1-3H3,(H,23,26)/b22-16+. The zero-order chi connectivity index (χ0) is 18.5. The maximum Gasteiger partial charge on any atom is 0.259 e. The van der Waals surface area contributed by atoms with Crippen LogP contribution in [0.25, 0.3) is 0 Å². The van der Waals surface area contributed by atoms with Crippen molar-refractivity contribution in [3.8, 4) is 0 Å². The number of hydrogen-bond donors (Lipinski definition) is 1. The first-order valence-corrected chi connectivity index (χ1v) is 8.98. The molecular weight excluding hydrogens is 324 g/mol. The smallest absolute Gasteiger partial charge is 0.259 e. The molecule has 1 aliphatic rings. The minimum atomic E-state index is -0.0917. The predicted octanol–water partition coefficient (Wildman–Crippen LogP) is 3.05. The van der Waals surface area contributed by atoms with Crippen molar-refractivity contribution in [1.82, 2.24) is 5.43 Å². The monoisotopic (exact) mass is 350 g/mol. The minimum Gasteiger partial charge on any atom is -0.378 e. The lowest BCUT2D eigenvalue weighted by atomic mass is 10.0. The SMILES string of the molecule is C/C(=N\NC(=O)CN1CCCc2ccccc21)c1ccc(N(C)C)cc1. The van der Waals surface area contributed by atoms with Crippen molar-refractivity contribution < 1.29 is 4.79 Å². The minimum absolute atomic E-state index is 0.0917. The molecular formula is C21H26N4O. The summed E-state index contributed by atoms with van der Waals surface area (Å²) >= 11 is 0. The van der Waals surface area contributed by atoms with Gasteiger partial charge in [0.25, 0.3) is 5.91 Å². The molecule has 0 fully saturated rings. The molecule has 0 saturated carbocycles. The topological polar surface area (TPSA) is 47.9 Å². The first-order valence-electron chi connectivity index (χ1n) is 8.98. The summed E-state index contributed by atoms with van der Waals surface area (Å²) in [6.45, 7) is 3.13. The number of nitrogens with one attached hydrogen (secondary N) is 1. The van der Waals surface area contributed by atoms with Crippen LogP contribution in [0.5, 0.6) is 0 Å². The quantitative estimate of drug-likeness (QED) is 0.666. The first-order chi connectivity index (χ1) is 12.5. The Kier molecular flexibility index (Phi) is 5.56. The molecule has 0 bridgehead atoms. The van der Waals surface area contributed by atoms with E-state index in [1.807, 2.05) is 51.4 Å². The molecule has 26 heavy (non-hydrogen) atoms. The second-order valence-corrected chi connectivity index (χ2v) is 6.83. The van der Waals surface area contributed by atoms with Gasteiger partial charge in [-0.3, -0.25) is 4.79 Å². The van der Waals surface area contributed by atoms with Gasteiger partial charge in [0.15, 0.2) is 0 Å². The Bertz CT molecular complexity index is 796. The largest absolute Gasteiger partial charge is 0.378 e. The van der Waals surface area contributed by atoms with Crippen LogP contribution in [0.3, 0.4) is 0 Å². The maximum atomic E-state index is 12.3. The average Bonchev–Trinajstić information content (AvgIpc) is 2.66. The first kappa shape index (κ1) is 18.0. The van der Waals surface area contributed by atoms with Crippen molar-refractivity contribution in [2.24, 2.45) is 5.10 Å². The number of para-hydroxylation sites is 1. The van der Waals surface area contributed by atoms with Crippen molar-refractivity contribution in [1.29, 1.82) is 0 Å². The van der Waals surface area contributed by atoms with Gasteiger partial charge in [0.1, 0.15) is 0 Å². The molecule has 136 valence electrons. The number of nitrogens with zero attached hydrogens (tertiary/aromatic N) is 3. The molecule has 5 nitrogen and oxygen atoms in total. The summed E-state index contributed by atoms with van der Waals surface area (Å²) < 4.78 is 0. The highest BCUT2D eigenvalue weighted by atomic mass is 16.2. The van der Waals surface area contributed by atoms with E-state index in [1.54, 1.807) is 0 Å². The van der Waals surface area contributed by atoms with Gasteiger partial charge in [0.2, 0.25) is 0 Å². The van der Waals surface area contributed by atoms with Crippen LogP contribution < -0.4 is 15.2 Å². The molecule has 0 aromatic heterocycles. The fraction of sp³-hybridized carbons (Fsp3) is 0.333. The summed E-state index contributed by atoms with van der Waals surface area (Å²) in [5.74, 6) is -0.0917. The lowest BCUT2D eigenvalue weighted by molar-refractivity contribution is -0.119. The second-order valence-electron chi connectivity index (χ2n) is 6.83. The van der Waals surface area contributed by atoms with Crippen LogP contribution in [0.2, 0.25) is 0 Å². The zero-order valence-corrected chi connectivity index (χ0v) is 15.7. The second kappa shape index (κ2) is 8.04. The summed E-state index contributed by atoms with van der Waals surface area (Å²) in [6.07, 6.45) is 2.15. The van der Waals surface area contributed by atoms with E-state index in [0.717, 1.165) is 42.0 Å². The van der Waals surface area contributed by atoms with Gasteiger partial charge in [-0.25, -0.2) is 5.43 Å². The molecule has 2 aromatic rings. The maximum absolute atomic E-state index is 12.3. The number of fused-ring (bicyclic) bond motifs is 1. The number of benzene rings is 2. The van der Waals surface area contributed by atoms with Crippen LogP contribution in [0.4, 0.5) is 11.4 Å². The van der Waals surface area contributed by atoms with Gasteiger partial charge in [-0.2, -0.15) is 5.10 Å². The Balaban J connectivity index is 1.61. The van der Waals surface area contributed by atoms with Crippen LogP contribution in [0.1, 0.15) is 24.5 Å². The van der Waals surface area contributed by atoms with Gasteiger partial charge >= 0.3 is 0 Å². The van der Waals surface area contributed by atoms with Crippen molar-refractivity contribution in [3.05, 3.63) is 59.7 Å². The zero-order valence-electron chi connectivity index (χ0n) is 15.7. The third kappa shape index (κ3) is 4.23. The van der Waals surface area contributed by atoms with E-state index in [-0.39, 0.29) is 5.91 Å². The van der Waals surface area contributed by atoms with Gasteiger partial charge < -0.3 is 9.80 Å². The van der Waals surface area contributed by atoms with Crippen LogP contribution in [0, 0.1) is 0 Å². The summed E-state index contributed by atoms with van der Waals surface area (Å²) in [6, 6.07) is 16.4. The Morgan fingerprint density at radius 1 is 1.15 bits per heavy atom. The summed E-state index contributed by atoms with van der Waals surface area (Å²) in [7, 11) is 4.02. The highest BCUT2D eigenvalue weighted by Gasteiger charge is 2.18. The lowest BCUT2D eigenvalue weighted by Crippen LogP contribution is -2.38. The van der Waals surface area contributed by atoms with Gasteiger partial charge in [0, 0.05) is 32.0 Å². The van der Waals surface area contributed by atoms with E-state index < -0.39 is 0 Å². The number of carbonyl (C=O) groups is 1. The number of amides is 1. The van der Waals surface area contributed by atoms with E-state index in [4.69, 9.17) is 0 Å². The molecule has 0 spiro atoms. The van der Waals surface area contributed by atoms with Gasteiger partial charge in [-0.05, 0) is 49.1 Å². The summed E-state index contributed by atoms with van der Waals surface area (Å²) in [5, 5.41) is 4.27. The molecule has 0 radical (unpaired) electrons. The number of hydrogen-bond acceptors (Lipinski definition) is 4. The van der Waals surface area contributed by atoms with Crippen LogP contribution >= 0.6 is 0 Å². The Morgan fingerprint density at radius 3 is 2.62 bits per heavy atom. The Hall–Kier alpha value is -2.82. The Labute approximate surface area is 155 Å². The number of aryl methyl sites for hydroxylation is 1. The highest BCUT2D eigenvalue weighted by Crippen LogP contribution is 2.26. The van der Waals surface area contributed by atoms with E-state index in [0.29, 0.717) is 6.54 Å². The van der Waals surface area contributed by atoms with Crippen molar-refractivity contribution >= 4 is 23.0 Å². The van der Waals surface area contributed by atoms with E-state index in [1.165, 1.54) is 5.56 Å². The molecule has 0 aliphatic carbocycles. The lowest BCUT2D eigenvalue weighted by Gasteiger charge is -2.30. The summed E-state index contributed by atoms with van der Waals surface area (Å²) in [4.78, 5) is 16.5. The predicted molar refractivity (Wildman–Crippen MR) is 108 cm³/mol. The Morgan fingerprint density at radius 2 is 1.88 bits per heavy atom.